The highest BCUT2D eigenvalue weighted by molar-refractivity contribution is 7.13. The number of alkyl halides is 3. The van der Waals surface area contributed by atoms with Gasteiger partial charge in [0.2, 0.25) is 0 Å². The van der Waals surface area contributed by atoms with E-state index in [1.165, 1.54) is 23.5 Å². The molecule has 45 heavy (non-hydrogen) atoms. The first-order valence-corrected chi connectivity index (χ1v) is 16.2. The first-order valence-electron chi connectivity index (χ1n) is 15.3. The summed E-state index contributed by atoms with van der Waals surface area (Å²) in [7, 11) is 1.57. The number of halogens is 3. The number of carbonyl (C=O) groups excluding carboxylic acids is 1. The van der Waals surface area contributed by atoms with E-state index in [4.69, 9.17) is 9.72 Å². The molecule has 1 fully saturated rings. The SMILES string of the molecule is CCc1ccc(OC)cc1-n1c(CC(C)C)c(C(=O)N2CCC[C@@H](C)C2)cc(-c2nc(-c3ccc(C(F)(F)F)cc3)cs2)c1=O. The van der Waals surface area contributed by atoms with Gasteiger partial charge in [0, 0.05) is 35.8 Å². The summed E-state index contributed by atoms with van der Waals surface area (Å²) < 4.78 is 46.7. The summed E-state index contributed by atoms with van der Waals surface area (Å²) in [6.45, 7) is 9.56. The van der Waals surface area contributed by atoms with Crippen LogP contribution in [-0.4, -0.2) is 40.6 Å². The second-order valence-electron chi connectivity index (χ2n) is 12.1. The molecule has 4 aromatic rings. The lowest BCUT2D eigenvalue weighted by atomic mass is 9.96. The molecule has 0 spiro atoms. The molecule has 1 atom stereocenters. The Morgan fingerprint density at radius 2 is 1.87 bits per heavy atom. The van der Waals surface area contributed by atoms with E-state index in [-0.39, 0.29) is 22.9 Å². The molecule has 0 saturated carbocycles. The minimum Gasteiger partial charge on any atom is -0.497 e. The highest BCUT2D eigenvalue weighted by Crippen LogP contribution is 2.34. The molecular weight excluding hydrogens is 599 g/mol. The molecule has 1 aliphatic heterocycles. The summed E-state index contributed by atoms with van der Waals surface area (Å²) in [6.07, 6.45) is -1.32. The molecule has 6 nitrogen and oxygen atoms in total. The van der Waals surface area contributed by atoms with Gasteiger partial charge in [-0.15, -0.1) is 11.3 Å². The lowest BCUT2D eigenvalue weighted by Gasteiger charge is -2.32. The van der Waals surface area contributed by atoms with Crippen LogP contribution >= 0.6 is 11.3 Å². The number of carbonyl (C=O) groups is 1. The number of benzene rings is 2. The second-order valence-corrected chi connectivity index (χ2v) is 13.0. The summed E-state index contributed by atoms with van der Waals surface area (Å²) >= 11 is 1.22. The van der Waals surface area contributed by atoms with E-state index in [9.17, 15) is 22.8 Å². The van der Waals surface area contributed by atoms with Gasteiger partial charge in [-0.3, -0.25) is 14.2 Å². The highest BCUT2D eigenvalue weighted by Gasteiger charge is 2.31. The average molecular weight is 638 g/mol. The van der Waals surface area contributed by atoms with Crippen molar-refractivity contribution in [2.45, 2.75) is 59.6 Å². The van der Waals surface area contributed by atoms with Gasteiger partial charge >= 0.3 is 6.18 Å². The van der Waals surface area contributed by atoms with Crippen molar-refractivity contribution in [2.75, 3.05) is 20.2 Å². The molecule has 0 bridgehead atoms. The number of rotatable bonds is 8. The number of aryl methyl sites for hydroxylation is 1. The topological polar surface area (TPSA) is 64.4 Å². The van der Waals surface area contributed by atoms with Crippen LogP contribution in [0.3, 0.4) is 0 Å². The van der Waals surface area contributed by atoms with Crippen molar-refractivity contribution >= 4 is 17.2 Å². The van der Waals surface area contributed by atoms with E-state index < -0.39 is 11.7 Å². The Bertz CT molecular complexity index is 1740. The molecular formula is C35H38F3N3O3S. The van der Waals surface area contributed by atoms with Crippen LogP contribution in [0.2, 0.25) is 0 Å². The van der Waals surface area contributed by atoms with Crippen LogP contribution in [-0.2, 0) is 19.0 Å². The molecule has 1 amide bonds. The van der Waals surface area contributed by atoms with Gasteiger partial charge in [-0.25, -0.2) is 4.98 Å². The zero-order valence-electron chi connectivity index (χ0n) is 26.2. The maximum absolute atomic E-state index is 14.6. The van der Waals surface area contributed by atoms with Gasteiger partial charge in [0.1, 0.15) is 10.8 Å². The number of pyridine rings is 1. The zero-order valence-corrected chi connectivity index (χ0v) is 27.0. The summed E-state index contributed by atoms with van der Waals surface area (Å²) in [5.41, 5.74) is 2.85. The van der Waals surface area contributed by atoms with Crippen molar-refractivity contribution in [3.8, 4) is 33.3 Å². The monoisotopic (exact) mass is 637 g/mol. The van der Waals surface area contributed by atoms with Crippen LogP contribution in [0.1, 0.15) is 67.7 Å². The van der Waals surface area contributed by atoms with Crippen LogP contribution in [0.5, 0.6) is 5.75 Å². The number of hydrogen-bond acceptors (Lipinski definition) is 5. The van der Waals surface area contributed by atoms with Crippen LogP contribution in [0.25, 0.3) is 27.5 Å². The van der Waals surface area contributed by atoms with Gasteiger partial charge in [-0.2, -0.15) is 13.2 Å². The average Bonchev–Trinajstić information content (AvgIpc) is 3.50. The number of amides is 1. The Morgan fingerprint density at radius 3 is 2.49 bits per heavy atom. The normalized spacial score (nSPS) is 15.5. The Kier molecular flexibility index (Phi) is 9.53. The van der Waals surface area contributed by atoms with Crippen molar-refractivity contribution in [3.05, 3.63) is 86.6 Å². The lowest BCUT2D eigenvalue weighted by molar-refractivity contribution is -0.137. The van der Waals surface area contributed by atoms with Crippen LogP contribution in [0, 0.1) is 11.8 Å². The summed E-state index contributed by atoms with van der Waals surface area (Å²) in [5, 5.41) is 2.11. The molecule has 2 aromatic heterocycles. The number of piperidine rings is 1. The predicted octanol–water partition coefficient (Wildman–Crippen LogP) is 8.29. The number of ether oxygens (including phenoxy) is 1. The minimum absolute atomic E-state index is 0.118. The number of thiazole rings is 1. The first kappa shape index (κ1) is 32.5. The van der Waals surface area contributed by atoms with Crippen molar-refractivity contribution < 1.29 is 22.7 Å². The number of nitrogens with zero attached hydrogens (tertiary/aromatic N) is 3. The van der Waals surface area contributed by atoms with Crippen LogP contribution in [0.15, 0.2) is 58.7 Å². The molecule has 2 aromatic carbocycles. The lowest BCUT2D eigenvalue weighted by Crippen LogP contribution is -2.40. The minimum atomic E-state index is -4.44. The molecule has 3 heterocycles. The van der Waals surface area contributed by atoms with Gasteiger partial charge in [0.25, 0.3) is 11.5 Å². The van der Waals surface area contributed by atoms with Gasteiger partial charge in [0.15, 0.2) is 0 Å². The predicted molar refractivity (Wildman–Crippen MR) is 172 cm³/mol. The summed E-state index contributed by atoms with van der Waals surface area (Å²) in [4.78, 5) is 35.5. The summed E-state index contributed by atoms with van der Waals surface area (Å²) in [6, 6.07) is 12.1. The number of aromatic nitrogens is 2. The smallest absolute Gasteiger partial charge is 0.416 e. The summed E-state index contributed by atoms with van der Waals surface area (Å²) in [5.74, 6) is 0.992. The van der Waals surface area contributed by atoms with E-state index >= 15 is 0 Å². The molecule has 1 aliphatic rings. The first-order chi connectivity index (χ1) is 21.4. The van der Waals surface area contributed by atoms with Gasteiger partial charge in [0.05, 0.1) is 35.2 Å². The van der Waals surface area contributed by atoms with Crippen molar-refractivity contribution in [1.82, 2.24) is 14.5 Å². The molecule has 10 heteroatoms. The standard InChI is InChI=1S/C35H38F3N3O3S/c1-6-23-11-14-26(44-5)17-30(23)41-31(16-21(2)3)27(33(42)40-15-7-8-22(4)19-40)18-28(34(41)43)32-39-29(20-45-32)24-9-12-25(13-10-24)35(36,37)38/h9-14,17-18,20-22H,6-8,15-16,19H2,1-5H3/t22-/m1/s1. The van der Waals surface area contributed by atoms with Gasteiger partial charge < -0.3 is 9.64 Å². The van der Waals surface area contributed by atoms with E-state index in [0.29, 0.717) is 70.8 Å². The molecule has 1 saturated heterocycles. The molecule has 0 unspecified atom stereocenters. The van der Waals surface area contributed by atoms with E-state index in [0.717, 1.165) is 30.5 Å². The second kappa shape index (κ2) is 13.2. The Morgan fingerprint density at radius 1 is 1.13 bits per heavy atom. The number of likely N-dealkylation sites (tertiary alicyclic amines) is 1. The fourth-order valence-corrected chi connectivity index (χ4v) is 6.75. The molecule has 5 rings (SSSR count). The van der Waals surface area contributed by atoms with Crippen molar-refractivity contribution in [2.24, 2.45) is 11.8 Å². The van der Waals surface area contributed by atoms with E-state index in [1.807, 2.05) is 30.0 Å². The third-order valence-corrected chi connectivity index (χ3v) is 9.11. The highest BCUT2D eigenvalue weighted by atomic mass is 32.1. The number of hydrogen-bond donors (Lipinski definition) is 0. The molecule has 238 valence electrons. The number of methoxy groups -OCH3 is 1. The molecule has 0 aliphatic carbocycles. The maximum atomic E-state index is 14.6. The van der Waals surface area contributed by atoms with Crippen LogP contribution in [0.4, 0.5) is 13.2 Å². The Balaban J connectivity index is 1.74. The molecule has 0 N–H and O–H groups in total. The van der Waals surface area contributed by atoms with Gasteiger partial charge in [-0.05, 0) is 67.3 Å². The largest absolute Gasteiger partial charge is 0.497 e. The van der Waals surface area contributed by atoms with E-state index in [2.05, 4.69) is 20.8 Å². The fourth-order valence-electron chi connectivity index (χ4n) is 5.92. The Labute approximate surface area is 265 Å². The van der Waals surface area contributed by atoms with Crippen molar-refractivity contribution in [3.63, 3.8) is 0 Å². The third-order valence-electron chi connectivity index (χ3n) is 8.24. The van der Waals surface area contributed by atoms with Crippen LogP contribution < -0.4 is 10.3 Å². The van der Waals surface area contributed by atoms with Crippen molar-refractivity contribution in [1.29, 1.82) is 0 Å². The quantitative estimate of drug-likeness (QED) is 0.195. The van der Waals surface area contributed by atoms with E-state index in [1.54, 1.807) is 23.1 Å². The Hall–Kier alpha value is -3.92. The third kappa shape index (κ3) is 6.85. The van der Waals surface area contributed by atoms with Gasteiger partial charge in [-0.1, -0.05) is 45.9 Å². The maximum Gasteiger partial charge on any atom is 0.416 e. The molecule has 0 radical (unpaired) electrons. The zero-order chi connectivity index (χ0) is 32.5. The fraction of sp³-hybridized carbons (Fsp3) is 0.400.